The summed E-state index contributed by atoms with van der Waals surface area (Å²) < 4.78 is 16.5. The van der Waals surface area contributed by atoms with E-state index in [2.05, 4.69) is 18.3 Å². The zero-order valence-electron chi connectivity index (χ0n) is 19.5. The van der Waals surface area contributed by atoms with Gasteiger partial charge in [-0.25, -0.2) is 0 Å². The van der Waals surface area contributed by atoms with Gasteiger partial charge in [-0.1, -0.05) is 48.5 Å². The predicted octanol–water partition coefficient (Wildman–Crippen LogP) is 0.905. The van der Waals surface area contributed by atoms with Crippen molar-refractivity contribution in [3.05, 3.63) is 89.5 Å². The first kappa shape index (κ1) is 26.5. The molecule has 178 valence electrons. The lowest BCUT2D eigenvalue weighted by molar-refractivity contribution is -0.694. The Morgan fingerprint density at radius 3 is 2.21 bits per heavy atom. The number of rotatable bonds is 12. The number of hydrogen-bond donors (Lipinski definition) is 2. The van der Waals surface area contributed by atoms with Crippen molar-refractivity contribution in [1.82, 2.24) is 0 Å². The highest BCUT2D eigenvalue weighted by molar-refractivity contribution is 5.42. The molecule has 2 atom stereocenters. The van der Waals surface area contributed by atoms with Crippen LogP contribution >= 0.6 is 0 Å². The first-order valence-electron chi connectivity index (χ1n) is 11.1. The lowest BCUT2D eigenvalue weighted by Gasteiger charge is -2.18. The fourth-order valence-electron chi connectivity index (χ4n) is 3.66. The summed E-state index contributed by atoms with van der Waals surface area (Å²) in [7, 11) is 3.30. The molecule has 5 nitrogen and oxygen atoms in total. The van der Waals surface area contributed by atoms with Gasteiger partial charge in [0.2, 0.25) is 0 Å². The van der Waals surface area contributed by atoms with Crippen LogP contribution in [0.1, 0.15) is 36.1 Å². The van der Waals surface area contributed by atoms with Crippen molar-refractivity contribution in [1.29, 1.82) is 0 Å². The Morgan fingerprint density at radius 2 is 1.55 bits per heavy atom. The number of nitrogens with two attached hydrogens (primary N) is 1. The minimum atomic E-state index is -0.528. The number of aliphatic hydroxyl groups excluding tert-OH is 1. The second-order valence-electron chi connectivity index (χ2n) is 7.96. The number of quaternary nitrogens is 1. The van der Waals surface area contributed by atoms with Crippen molar-refractivity contribution in [2.75, 3.05) is 20.8 Å². The summed E-state index contributed by atoms with van der Waals surface area (Å²) >= 11 is 0. The van der Waals surface area contributed by atoms with E-state index in [0.29, 0.717) is 6.61 Å². The Balaban J connectivity index is 0.00000385. The molecule has 33 heavy (non-hydrogen) atoms. The lowest BCUT2D eigenvalue weighted by Crippen LogP contribution is -3.00. The average molecular weight is 472 g/mol. The van der Waals surface area contributed by atoms with Crippen LogP contribution in [-0.4, -0.2) is 31.9 Å². The largest absolute Gasteiger partial charge is 1.00 e. The van der Waals surface area contributed by atoms with Crippen molar-refractivity contribution in [3.63, 3.8) is 0 Å². The van der Waals surface area contributed by atoms with E-state index in [9.17, 15) is 5.11 Å². The molecule has 0 amide bonds. The maximum Gasteiger partial charge on any atom is 0.160 e. The fourth-order valence-corrected chi connectivity index (χ4v) is 3.66. The van der Waals surface area contributed by atoms with Gasteiger partial charge >= 0.3 is 0 Å². The quantitative estimate of drug-likeness (QED) is 0.385. The molecule has 0 bridgehead atoms. The third kappa shape index (κ3) is 7.97. The molecule has 0 spiro atoms. The highest BCUT2D eigenvalue weighted by Gasteiger charge is 2.19. The molecule has 0 saturated carbocycles. The maximum absolute atomic E-state index is 10.7. The number of hydrogen-bond acceptors (Lipinski definition) is 4. The molecule has 3 aromatic rings. The van der Waals surface area contributed by atoms with Crippen LogP contribution in [0.5, 0.6) is 17.2 Å². The number of aryl methyl sites for hydroxylation is 1. The summed E-state index contributed by atoms with van der Waals surface area (Å²) in [5.74, 6) is 2.31. The Morgan fingerprint density at radius 1 is 0.848 bits per heavy atom. The molecule has 6 heteroatoms. The third-order valence-electron chi connectivity index (χ3n) is 5.62. The van der Waals surface area contributed by atoms with E-state index >= 15 is 0 Å². The Bertz CT molecular complexity index is 950. The van der Waals surface area contributed by atoms with Gasteiger partial charge in [-0.3, -0.25) is 0 Å². The fraction of sp³-hybridized carbons (Fsp3) is 0.333. The van der Waals surface area contributed by atoms with E-state index in [4.69, 9.17) is 14.2 Å². The van der Waals surface area contributed by atoms with Gasteiger partial charge in [0, 0.05) is 6.42 Å². The van der Waals surface area contributed by atoms with E-state index in [-0.39, 0.29) is 18.4 Å². The summed E-state index contributed by atoms with van der Waals surface area (Å²) in [6, 6.07) is 23.9. The summed E-state index contributed by atoms with van der Waals surface area (Å²) in [5.41, 5.74) is 3.25. The van der Waals surface area contributed by atoms with Crippen LogP contribution in [0.25, 0.3) is 0 Å². The van der Waals surface area contributed by atoms with Gasteiger partial charge in [-0.15, -0.1) is 0 Å². The Kier molecular flexibility index (Phi) is 11.0. The molecule has 0 aliphatic heterocycles. The van der Waals surface area contributed by atoms with Gasteiger partial charge in [0.25, 0.3) is 0 Å². The topological polar surface area (TPSA) is 64.5 Å². The van der Waals surface area contributed by atoms with E-state index in [0.717, 1.165) is 47.8 Å². The zero-order valence-corrected chi connectivity index (χ0v) is 20.3. The van der Waals surface area contributed by atoms with Crippen LogP contribution in [0.2, 0.25) is 0 Å². The van der Waals surface area contributed by atoms with Gasteiger partial charge in [0.1, 0.15) is 24.5 Å². The van der Waals surface area contributed by atoms with Crippen LogP contribution in [0, 0.1) is 0 Å². The molecule has 0 fully saturated rings. The summed E-state index contributed by atoms with van der Waals surface area (Å²) in [4.78, 5) is 0. The molecule has 0 aromatic heterocycles. The van der Waals surface area contributed by atoms with Crippen molar-refractivity contribution in [3.8, 4) is 17.2 Å². The number of ether oxygens (including phenoxy) is 3. The summed E-state index contributed by atoms with van der Waals surface area (Å²) in [6.45, 7) is 3.53. The SMILES string of the molecule is COc1ccc(CCC[NH2+]C(C)C(O)c2ccc(OCc3ccccc3)cc2)cc1OC.[Cl-]. The molecule has 3 rings (SSSR count). The highest BCUT2D eigenvalue weighted by Crippen LogP contribution is 2.28. The van der Waals surface area contributed by atoms with Crippen LogP contribution in [0.4, 0.5) is 0 Å². The molecule has 3 aromatic carbocycles. The van der Waals surface area contributed by atoms with Crippen molar-refractivity contribution >= 4 is 0 Å². The van der Waals surface area contributed by atoms with Gasteiger partial charge in [-0.05, 0) is 54.3 Å². The molecule has 0 radical (unpaired) electrons. The van der Waals surface area contributed by atoms with Crippen LogP contribution < -0.4 is 31.9 Å². The summed E-state index contributed by atoms with van der Waals surface area (Å²) in [6.07, 6.45) is 1.44. The summed E-state index contributed by atoms with van der Waals surface area (Å²) in [5, 5.41) is 12.9. The molecule has 0 saturated heterocycles. The predicted molar refractivity (Wildman–Crippen MR) is 126 cm³/mol. The van der Waals surface area contributed by atoms with Gasteiger partial charge in [-0.2, -0.15) is 0 Å². The van der Waals surface area contributed by atoms with Crippen LogP contribution in [0.3, 0.4) is 0 Å². The van der Waals surface area contributed by atoms with E-state index in [1.54, 1.807) is 14.2 Å². The minimum absolute atomic E-state index is 0. The van der Waals surface area contributed by atoms with E-state index in [1.165, 1.54) is 5.56 Å². The molecule has 0 aliphatic rings. The van der Waals surface area contributed by atoms with Gasteiger partial charge < -0.3 is 37.0 Å². The van der Waals surface area contributed by atoms with Gasteiger partial charge in [0.05, 0.1) is 20.8 Å². The first-order chi connectivity index (χ1) is 15.6. The molecule has 0 heterocycles. The average Bonchev–Trinajstić information content (AvgIpc) is 2.85. The van der Waals surface area contributed by atoms with Crippen molar-refractivity contribution in [2.45, 2.75) is 38.5 Å². The normalized spacial score (nSPS) is 12.4. The maximum atomic E-state index is 10.7. The molecule has 2 unspecified atom stereocenters. The third-order valence-corrected chi connectivity index (χ3v) is 5.62. The minimum Gasteiger partial charge on any atom is -1.00 e. The van der Waals surface area contributed by atoms with Crippen molar-refractivity contribution in [2.24, 2.45) is 0 Å². The number of aliphatic hydroxyl groups is 1. The molecule has 3 N–H and O–H groups in total. The van der Waals surface area contributed by atoms with E-state index in [1.807, 2.05) is 66.7 Å². The Labute approximate surface area is 203 Å². The lowest BCUT2D eigenvalue weighted by atomic mass is 10.0. The van der Waals surface area contributed by atoms with Crippen molar-refractivity contribution < 1.29 is 37.0 Å². The molecular formula is C27H34ClNO4. The highest BCUT2D eigenvalue weighted by atomic mass is 35.5. The smallest absolute Gasteiger partial charge is 0.160 e. The molecule has 0 aliphatic carbocycles. The molecular weight excluding hydrogens is 438 g/mol. The van der Waals surface area contributed by atoms with Crippen LogP contribution in [0.15, 0.2) is 72.8 Å². The van der Waals surface area contributed by atoms with E-state index < -0.39 is 6.10 Å². The second kappa shape index (κ2) is 13.7. The number of methoxy groups -OCH3 is 2. The Hall–Kier alpha value is -2.73. The first-order valence-corrected chi connectivity index (χ1v) is 11.1. The second-order valence-corrected chi connectivity index (χ2v) is 7.96. The standard InChI is InChI=1S/C27H33NO4.ClH/c1-20(28-17-7-10-21-11-16-25(30-2)26(18-21)31-3)27(29)23-12-14-24(15-13-23)32-19-22-8-5-4-6-9-22;/h4-6,8-9,11-16,18,20,27-29H,7,10,17,19H2,1-3H3;1H. The monoisotopic (exact) mass is 471 g/mol. The number of benzene rings is 3. The number of halogens is 1. The van der Waals surface area contributed by atoms with Gasteiger partial charge in [0.15, 0.2) is 11.5 Å². The van der Waals surface area contributed by atoms with Crippen LogP contribution in [-0.2, 0) is 13.0 Å². The zero-order chi connectivity index (χ0) is 22.8.